The third kappa shape index (κ3) is 7.84. The first-order chi connectivity index (χ1) is 17.3. The van der Waals surface area contributed by atoms with E-state index in [1.807, 2.05) is 75.4 Å². The zero-order valence-electron chi connectivity index (χ0n) is 20.8. The molecule has 0 bridgehead atoms. The summed E-state index contributed by atoms with van der Waals surface area (Å²) < 4.78 is 6.51. The number of nitrogens with one attached hydrogen (secondary N) is 1. The van der Waals surface area contributed by atoms with Gasteiger partial charge in [-0.2, -0.15) is 0 Å². The molecule has 2 amide bonds. The predicted octanol–water partition coefficient (Wildman–Crippen LogP) is 6.34. The standard InChI is InChI=1S/C29H32BrClN2O3/c1-4-21(3)32-29(35)26(16-22-11-6-5-7-12-22)33(18-23-13-9-8-10-20(23)2)28(34)19-36-27-15-14-24(31)17-25(27)30/h5-15,17,21,26H,4,16,18-19H2,1-3H3,(H,32,35)/t21-,26+/m1/s1. The molecule has 190 valence electrons. The van der Waals surface area contributed by atoms with Crippen molar-refractivity contribution in [3.05, 3.63) is 99.0 Å². The lowest BCUT2D eigenvalue weighted by atomic mass is 10.0. The molecule has 0 aliphatic carbocycles. The molecule has 0 saturated carbocycles. The maximum atomic E-state index is 13.7. The molecule has 0 aliphatic rings. The van der Waals surface area contributed by atoms with E-state index >= 15 is 0 Å². The molecule has 0 saturated heterocycles. The van der Waals surface area contributed by atoms with Crippen molar-refractivity contribution >= 4 is 39.3 Å². The number of nitrogens with zero attached hydrogens (tertiary/aromatic N) is 1. The summed E-state index contributed by atoms with van der Waals surface area (Å²) in [5.41, 5.74) is 3.01. The van der Waals surface area contributed by atoms with Crippen molar-refractivity contribution in [2.75, 3.05) is 6.61 Å². The minimum atomic E-state index is -0.703. The highest BCUT2D eigenvalue weighted by Crippen LogP contribution is 2.28. The third-order valence-electron chi connectivity index (χ3n) is 6.12. The Bertz CT molecular complexity index is 1170. The number of benzene rings is 3. The van der Waals surface area contributed by atoms with Gasteiger partial charge in [0.1, 0.15) is 11.8 Å². The Morgan fingerprint density at radius 2 is 1.75 bits per heavy atom. The van der Waals surface area contributed by atoms with Gasteiger partial charge in [-0.05, 0) is 71.1 Å². The molecule has 2 atom stereocenters. The fourth-order valence-corrected chi connectivity index (χ4v) is 4.58. The summed E-state index contributed by atoms with van der Waals surface area (Å²) in [6.07, 6.45) is 1.19. The molecule has 0 fully saturated rings. The van der Waals surface area contributed by atoms with Crippen LogP contribution in [0.25, 0.3) is 0 Å². The number of ether oxygens (including phenoxy) is 1. The molecule has 3 aromatic rings. The van der Waals surface area contributed by atoms with Crippen LogP contribution in [-0.4, -0.2) is 35.4 Å². The van der Waals surface area contributed by atoms with E-state index < -0.39 is 6.04 Å². The second-order valence-corrected chi connectivity index (χ2v) is 10.1. The number of amides is 2. The van der Waals surface area contributed by atoms with Crippen LogP contribution in [0, 0.1) is 6.92 Å². The first kappa shape index (κ1) is 27.8. The van der Waals surface area contributed by atoms with Gasteiger partial charge in [0, 0.05) is 24.0 Å². The van der Waals surface area contributed by atoms with E-state index in [-0.39, 0.29) is 24.5 Å². The second kappa shape index (κ2) is 13.5. The lowest BCUT2D eigenvalue weighted by Gasteiger charge is -2.32. The largest absolute Gasteiger partial charge is 0.483 e. The van der Waals surface area contributed by atoms with Gasteiger partial charge in [-0.25, -0.2) is 0 Å². The summed E-state index contributed by atoms with van der Waals surface area (Å²) in [5, 5.41) is 3.64. The van der Waals surface area contributed by atoms with E-state index in [0.29, 0.717) is 28.2 Å². The van der Waals surface area contributed by atoms with Crippen LogP contribution in [0.4, 0.5) is 0 Å². The quantitative estimate of drug-likeness (QED) is 0.292. The maximum absolute atomic E-state index is 13.7. The monoisotopic (exact) mass is 570 g/mol. The van der Waals surface area contributed by atoms with Crippen molar-refractivity contribution in [1.29, 1.82) is 0 Å². The molecule has 0 spiro atoms. The molecule has 0 heterocycles. The Morgan fingerprint density at radius 3 is 2.42 bits per heavy atom. The third-order valence-corrected chi connectivity index (χ3v) is 6.97. The molecular formula is C29H32BrClN2O3. The fourth-order valence-electron chi connectivity index (χ4n) is 3.78. The number of hydrogen-bond donors (Lipinski definition) is 1. The number of hydrogen-bond acceptors (Lipinski definition) is 3. The first-order valence-electron chi connectivity index (χ1n) is 12.0. The van der Waals surface area contributed by atoms with Crippen LogP contribution in [0.2, 0.25) is 5.02 Å². The van der Waals surface area contributed by atoms with Crippen LogP contribution in [0.15, 0.2) is 77.3 Å². The Labute approximate surface area is 226 Å². The van der Waals surface area contributed by atoms with Crippen molar-refractivity contribution in [2.45, 2.75) is 52.2 Å². The van der Waals surface area contributed by atoms with Crippen molar-refractivity contribution in [3.63, 3.8) is 0 Å². The molecule has 5 nitrogen and oxygen atoms in total. The highest BCUT2D eigenvalue weighted by Gasteiger charge is 2.31. The molecule has 3 aromatic carbocycles. The second-order valence-electron chi connectivity index (χ2n) is 8.83. The number of carbonyl (C=O) groups is 2. The van der Waals surface area contributed by atoms with Crippen LogP contribution >= 0.6 is 27.5 Å². The molecule has 0 unspecified atom stereocenters. The number of halogens is 2. The Kier molecular flexibility index (Phi) is 10.4. The molecule has 0 radical (unpaired) electrons. The maximum Gasteiger partial charge on any atom is 0.261 e. The van der Waals surface area contributed by atoms with Gasteiger partial charge < -0.3 is 15.0 Å². The summed E-state index contributed by atoms with van der Waals surface area (Å²) in [6, 6.07) is 22.1. The summed E-state index contributed by atoms with van der Waals surface area (Å²) in [7, 11) is 0. The lowest BCUT2D eigenvalue weighted by molar-refractivity contribution is -0.143. The van der Waals surface area contributed by atoms with E-state index in [1.54, 1.807) is 23.1 Å². The summed E-state index contributed by atoms with van der Waals surface area (Å²) in [4.78, 5) is 28.9. The summed E-state index contributed by atoms with van der Waals surface area (Å²) >= 11 is 9.47. The van der Waals surface area contributed by atoms with Gasteiger partial charge in [0.25, 0.3) is 5.91 Å². The summed E-state index contributed by atoms with van der Waals surface area (Å²) in [5.74, 6) is 0.0513. The van der Waals surface area contributed by atoms with Crippen molar-refractivity contribution in [3.8, 4) is 5.75 Å². The van der Waals surface area contributed by atoms with Crippen molar-refractivity contribution in [1.82, 2.24) is 10.2 Å². The van der Waals surface area contributed by atoms with Gasteiger partial charge in [-0.3, -0.25) is 9.59 Å². The Morgan fingerprint density at radius 1 is 1.06 bits per heavy atom. The normalized spacial score (nSPS) is 12.5. The molecule has 36 heavy (non-hydrogen) atoms. The number of rotatable bonds is 11. The number of carbonyl (C=O) groups excluding carboxylic acids is 2. The average molecular weight is 572 g/mol. The highest BCUT2D eigenvalue weighted by atomic mass is 79.9. The van der Waals surface area contributed by atoms with Crippen LogP contribution in [-0.2, 0) is 22.6 Å². The van der Waals surface area contributed by atoms with Gasteiger partial charge in [-0.1, -0.05) is 73.1 Å². The van der Waals surface area contributed by atoms with Gasteiger partial charge in [-0.15, -0.1) is 0 Å². The molecule has 1 N–H and O–H groups in total. The van der Waals surface area contributed by atoms with Crippen molar-refractivity contribution in [2.24, 2.45) is 0 Å². The predicted molar refractivity (Wildman–Crippen MR) is 148 cm³/mol. The van der Waals surface area contributed by atoms with Crippen LogP contribution in [0.5, 0.6) is 5.75 Å². The smallest absolute Gasteiger partial charge is 0.261 e. The van der Waals surface area contributed by atoms with Crippen molar-refractivity contribution < 1.29 is 14.3 Å². The molecule has 3 rings (SSSR count). The zero-order valence-corrected chi connectivity index (χ0v) is 23.2. The average Bonchev–Trinajstić information content (AvgIpc) is 2.87. The Balaban J connectivity index is 1.93. The van der Waals surface area contributed by atoms with E-state index in [1.165, 1.54) is 0 Å². The topological polar surface area (TPSA) is 58.6 Å². The van der Waals surface area contributed by atoms with Gasteiger partial charge in [0.05, 0.1) is 4.47 Å². The van der Waals surface area contributed by atoms with Crippen LogP contribution < -0.4 is 10.1 Å². The first-order valence-corrected chi connectivity index (χ1v) is 13.2. The van der Waals surface area contributed by atoms with E-state index in [2.05, 4.69) is 21.2 Å². The van der Waals surface area contributed by atoms with E-state index in [4.69, 9.17) is 16.3 Å². The van der Waals surface area contributed by atoms with Crippen LogP contribution in [0.1, 0.15) is 37.0 Å². The minimum Gasteiger partial charge on any atom is -0.483 e. The van der Waals surface area contributed by atoms with Gasteiger partial charge >= 0.3 is 0 Å². The van der Waals surface area contributed by atoms with E-state index in [9.17, 15) is 9.59 Å². The molecule has 7 heteroatoms. The fraction of sp³-hybridized carbons (Fsp3) is 0.310. The highest BCUT2D eigenvalue weighted by molar-refractivity contribution is 9.10. The Hall–Kier alpha value is -2.83. The van der Waals surface area contributed by atoms with Gasteiger partial charge in [0.15, 0.2) is 6.61 Å². The van der Waals surface area contributed by atoms with Gasteiger partial charge in [0.2, 0.25) is 5.91 Å². The summed E-state index contributed by atoms with van der Waals surface area (Å²) in [6.45, 7) is 6.07. The number of aryl methyl sites for hydroxylation is 1. The lowest BCUT2D eigenvalue weighted by Crippen LogP contribution is -2.53. The van der Waals surface area contributed by atoms with Crippen LogP contribution in [0.3, 0.4) is 0 Å². The minimum absolute atomic E-state index is 0.00698. The van der Waals surface area contributed by atoms with E-state index in [0.717, 1.165) is 23.1 Å². The molecule has 0 aliphatic heterocycles. The SMILES string of the molecule is CC[C@@H](C)NC(=O)[C@H](Cc1ccccc1)N(Cc1ccccc1C)C(=O)COc1ccc(Cl)cc1Br. The zero-order chi connectivity index (χ0) is 26.1. The molecular weight excluding hydrogens is 540 g/mol. The molecule has 0 aromatic heterocycles.